The molecule has 2 N–H and O–H groups in total. The number of nitrogens with zero attached hydrogens (tertiary/aromatic N) is 3. The van der Waals surface area contributed by atoms with E-state index in [4.69, 9.17) is 4.74 Å². The number of methoxy groups -OCH3 is 1. The molecule has 33 heavy (non-hydrogen) atoms. The van der Waals surface area contributed by atoms with E-state index in [0.717, 1.165) is 23.9 Å². The molecule has 12 heteroatoms. The zero-order chi connectivity index (χ0) is 24.0. The molecule has 0 saturated carbocycles. The third-order valence-corrected chi connectivity index (χ3v) is 5.49. The normalized spacial score (nSPS) is 11.2. The second kappa shape index (κ2) is 10.4. The van der Waals surface area contributed by atoms with E-state index in [-0.39, 0.29) is 23.9 Å². The molecule has 2 amide bonds. The summed E-state index contributed by atoms with van der Waals surface area (Å²) in [5, 5.41) is 13.6. The number of aromatic nitrogens is 3. The average Bonchev–Trinajstić information content (AvgIpc) is 3.15. The summed E-state index contributed by atoms with van der Waals surface area (Å²) in [5.41, 5.74) is -0.367. The van der Waals surface area contributed by atoms with Gasteiger partial charge in [0.15, 0.2) is 11.0 Å². The van der Waals surface area contributed by atoms with Crippen LogP contribution in [0.15, 0.2) is 53.7 Å². The molecule has 0 aliphatic rings. The molecule has 0 bridgehead atoms. The SMILES string of the molecule is COc1cccc(C(=O)NCc2nnc(SCC(=O)Nc3cccc(C(F)(F)F)c3)n2C)c1. The second-order valence-corrected chi connectivity index (χ2v) is 7.73. The van der Waals surface area contributed by atoms with Crippen molar-refractivity contribution < 1.29 is 27.5 Å². The summed E-state index contributed by atoms with van der Waals surface area (Å²) in [6, 6.07) is 11.1. The number of rotatable bonds is 8. The molecule has 8 nitrogen and oxygen atoms in total. The van der Waals surface area contributed by atoms with Crippen LogP contribution in [0.5, 0.6) is 5.75 Å². The lowest BCUT2D eigenvalue weighted by Crippen LogP contribution is -2.24. The Morgan fingerprint density at radius 3 is 2.61 bits per heavy atom. The van der Waals surface area contributed by atoms with Crippen LogP contribution >= 0.6 is 11.8 Å². The Labute approximate surface area is 191 Å². The van der Waals surface area contributed by atoms with E-state index in [1.807, 2.05) is 0 Å². The van der Waals surface area contributed by atoms with Crippen LogP contribution in [-0.2, 0) is 24.6 Å². The Morgan fingerprint density at radius 2 is 1.88 bits per heavy atom. The van der Waals surface area contributed by atoms with Crippen molar-refractivity contribution in [2.45, 2.75) is 17.9 Å². The van der Waals surface area contributed by atoms with E-state index in [1.165, 1.54) is 19.2 Å². The zero-order valence-corrected chi connectivity index (χ0v) is 18.5. The number of carbonyl (C=O) groups excluding carboxylic acids is 2. The highest BCUT2D eigenvalue weighted by Crippen LogP contribution is 2.30. The predicted octanol–water partition coefficient (Wildman–Crippen LogP) is 3.50. The van der Waals surface area contributed by atoms with Gasteiger partial charge in [0.05, 0.1) is 25.0 Å². The van der Waals surface area contributed by atoms with Gasteiger partial charge in [0, 0.05) is 18.3 Å². The van der Waals surface area contributed by atoms with Crippen LogP contribution in [0.1, 0.15) is 21.7 Å². The fourth-order valence-electron chi connectivity index (χ4n) is 2.75. The number of nitrogens with one attached hydrogen (secondary N) is 2. The van der Waals surface area contributed by atoms with Gasteiger partial charge in [-0.15, -0.1) is 10.2 Å². The van der Waals surface area contributed by atoms with Gasteiger partial charge in [-0.25, -0.2) is 0 Å². The highest BCUT2D eigenvalue weighted by atomic mass is 32.2. The molecule has 0 aliphatic carbocycles. The fourth-order valence-corrected chi connectivity index (χ4v) is 3.48. The molecule has 174 valence electrons. The molecule has 1 aromatic heterocycles. The lowest BCUT2D eigenvalue weighted by Gasteiger charge is -2.10. The van der Waals surface area contributed by atoms with Crippen molar-refractivity contribution >= 4 is 29.3 Å². The molecule has 2 aromatic carbocycles. The number of ether oxygens (including phenoxy) is 1. The summed E-state index contributed by atoms with van der Waals surface area (Å²) < 4.78 is 45.1. The molecule has 0 fully saturated rings. The smallest absolute Gasteiger partial charge is 0.416 e. The van der Waals surface area contributed by atoms with Crippen LogP contribution in [0.2, 0.25) is 0 Å². The number of hydrogen-bond donors (Lipinski definition) is 2. The summed E-state index contributed by atoms with van der Waals surface area (Å²) in [6.07, 6.45) is -4.49. The summed E-state index contributed by atoms with van der Waals surface area (Å²) in [4.78, 5) is 24.5. The van der Waals surface area contributed by atoms with Gasteiger partial charge >= 0.3 is 6.18 Å². The first kappa shape index (κ1) is 24.1. The molecule has 3 rings (SSSR count). The highest BCUT2D eigenvalue weighted by Gasteiger charge is 2.30. The first-order chi connectivity index (χ1) is 15.7. The number of carbonyl (C=O) groups is 2. The molecule has 0 atom stereocenters. The zero-order valence-electron chi connectivity index (χ0n) is 17.6. The van der Waals surface area contributed by atoms with Crippen LogP contribution in [0.25, 0.3) is 0 Å². The van der Waals surface area contributed by atoms with E-state index in [1.54, 1.807) is 35.9 Å². The summed E-state index contributed by atoms with van der Waals surface area (Å²) >= 11 is 1.07. The standard InChI is InChI=1S/C21H20F3N5O3S/c1-29-17(11-25-19(31)13-5-3-8-16(9-13)32-2)27-28-20(29)33-12-18(30)26-15-7-4-6-14(10-15)21(22,23)24/h3-10H,11-12H2,1-2H3,(H,25,31)(H,26,30). The van der Waals surface area contributed by atoms with Crippen molar-refractivity contribution in [3.05, 3.63) is 65.5 Å². The number of hydrogen-bond acceptors (Lipinski definition) is 6. The Morgan fingerprint density at radius 1 is 1.12 bits per heavy atom. The molecule has 1 heterocycles. The van der Waals surface area contributed by atoms with Crippen molar-refractivity contribution in [2.24, 2.45) is 7.05 Å². The maximum Gasteiger partial charge on any atom is 0.416 e. The molecular weight excluding hydrogens is 459 g/mol. The third-order valence-electron chi connectivity index (χ3n) is 4.47. The number of amides is 2. The van der Waals surface area contributed by atoms with Crippen LogP contribution in [0.4, 0.5) is 18.9 Å². The molecule has 3 aromatic rings. The fraction of sp³-hybridized carbons (Fsp3) is 0.238. The monoisotopic (exact) mass is 479 g/mol. The van der Waals surface area contributed by atoms with Crippen molar-refractivity contribution in [2.75, 3.05) is 18.2 Å². The largest absolute Gasteiger partial charge is 0.497 e. The maximum absolute atomic E-state index is 12.8. The van der Waals surface area contributed by atoms with Crippen molar-refractivity contribution in [1.82, 2.24) is 20.1 Å². The second-order valence-electron chi connectivity index (χ2n) is 6.79. The number of thioether (sulfide) groups is 1. The Bertz CT molecular complexity index is 1150. The van der Waals surface area contributed by atoms with E-state index < -0.39 is 17.6 Å². The van der Waals surface area contributed by atoms with Gasteiger partial charge in [0.2, 0.25) is 5.91 Å². The third kappa shape index (κ3) is 6.48. The van der Waals surface area contributed by atoms with Gasteiger partial charge in [-0.2, -0.15) is 13.2 Å². The van der Waals surface area contributed by atoms with Crippen molar-refractivity contribution in [3.63, 3.8) is 0 Å². The van der Waals surface area contributed by atoms with Crippen LogP contribution < -0.4 is 15.4 Å². The quantitative estimate of drug-likeness (QED) is 0.480. The van der Waals surface area contributed by atoms with Gasteiger partial charge in [0.25, 0.3) is 5.91 Å². The topological polar surface area (TPSA) is 98.1 Å². The summed E-state index contributed by atoms with van der Waals surface area (Å²) in [6.45, 7) is 0.108. The van der Waals surface area contributed by atoms with Gasteiger partial charge in [0.1, 0.15) is 5.75 Å². The van der Waals surface area contributed by atoms with Crippen LogP contribution in [0, 0.1) is 0 Å². The van der Waals surface area contributed by atoms with Crippen molar-refractivity contribution in [1.29, 1.82) is 0 Å². The first-order valence-corrected chi connectivity index (χ1v) is 10.6. The van der Waals surface area contributed by atoms with Crippen LogP contribution in [0.3, 0.4) is 0 Å². The minimum Gasteiger partial charge on any atom is -0.497 e. The Kier molecular flexibility index (Phi) is 7.59. The first-order valence-electron chi connectivity index (χ1n) is 9.58. The van der Waals surface area contributed by atoms with Gasteiger partial charge in [-0.05, 0) is 36.4 Å². The summed E-state index contributed by atoms with van der Waals surface area (Å²) in [7, 11) is 3.19. The predicted molar refractivity (Wildman–Crippen MR) is 116 cm³/mol. The molecule has 0 radical (unpaired) electrons. The minimum absolute atomic E-state index is 0.0503. The number of halogens is 3. The van der Waals surface area contributed by atoms with Gasteiger partial charge < -0.3 is 19.9 Å². The summed E-state index contributed by atoms with van der Waals surface area (Å²) in [5.74, 6) is 0.135. The van der Waals surface area contributed by atoms with Crippen LogP contribution in [-0.4, -0.2) is 39.4 Å². The Hall–Kier alpha value is -3.54. The van der Waals surface area contributed by atoms with E-state index >= 15 is 0 Å². The molecule has 0 saturated heterocycles. The highest BCUT2D eigenvalue weighted by molar-refractivity contribution is 7.99. The number of benzene rings is 2. The minimum atomic E-state index is -4.49. The van der Waals surface area contributed by atoms with E-state index in [2.05, 4.69) is 20.8 Å². The number of alkyl halides is 3. The van der Waals surface area contributed by atoms with E-state index in [0.29, 0.717) is 22.3 Å². The molecule has 0 spiro atoms. The molecule has 0 unspecified atom stereocenters. The van der Waals surface area contributed by atoms with Crippen molar-refractivity contribution in [3.8, 4) is 5.75 Å². The van der Waals surface area contributed by atoms with E-state index in [9.17, 15) is 22.8 Å². The van der Waals surface area contributed by atoms with Gasteiger partial charge in [-0.3, -0.25) is 9.59 Å². The Balaban J connectivity index is 1.53. The molecule has 0 aliphatic heterocycles. The average molecular weight is 479 g/mol. The maximum atomic E-state index is 12.8. The number of anilines is 1. The molecular formula is C21H20F3N5O3S. The lowest BCUT2D eigenvalue weighted by molar-refractivity contribution is -0.137. The van der Waals surface area contributed by atoms with Gasteiger partial charge in [-0.1, -0.05) is 23.9 Å². The lowest BCUT2D eigenvalue weighted by atomic mass is 10.2.